The zero-order valence-electron chi connectivity index (χ0n) is 18.0. The first kappa shape index (κ1) is 21.3. The van der Waals surface area contributed by atoms with E-state index in [0.29, 0.717) is 22.5 Å². The van der Waals surface area contributed by atoms with Gasteiger partial charge in [-0.1, -0.05) is 60.7 Å². The quantitative estimate of drug-likeness (QED) is 0.398. The minimum Gasteiger partial charge on any atom is -0.485 e. The maximum Gasteiger partial charge on any atom is 0.337 e. The second-order valence-corrected chi connectivity index (χ2v) is 7.70. The van der Waals surface area contributed by atoms with Gasteiger partial charge in [0.1, 0.15) is 6.61 Å². The molecule has 4 aromatic rings. The summed E-state index contributed by atoms with van der Waals surface area (Å²) in [6, 6.07) is 18.7. The van der Waals surface area contributed by atoms with E-state index in [1.165, 1.54) is 0 Å². The summed E-state index contributed by atoms with van der Waals surface area (Å²) in [5.74, 6) is -0.707. The summed E-state index contributed by atoms with van der Waals surface area (Å²) in [4.78, 5) is 29.5. The molecule has 0 fully saturated rings. The Labute approximate surface area is 186 Å². The standard InChI is InChI=1S/C26H24N2O4/c1-17-18(2)28-15-22(26(30)31)21(13-14-23(29)20-11-7-4-8-12-20)24(25(28)27-17)32-16-19-9-5-3-6-10-19/h3-12,15H,13-14,16H2,1-2H3,(H,30,31). The van der Waals surface area contributed by atoms with Crippen molar-refractivity contribution in [1.82, 2.24) is 9.38 Å². The fraction of sp³-hybridized carbons (Fsp3) is 0.192. The molecule has 4 rings (SSSR count). The van der Waals surface area contributed by atoms with Gasteiger partial charge in [0.25, 0.3) is 0 Å². The van der Waals surface area contributed by atoms with Crippen molar-refractivity contribution < 1.29 is 19.4 Å². The summed E-state index contributed by atoms with van der Waals surface area (Å²) >= 11 is 0. The fourth-order valence-electron chi connectivity index (χ4n) is 3.73. The van der Waals surface area contributed by atoms with Gasteiger partial charge in [-0.15, -0.1) is 0 Å². The van der Waals surface area contributed by atoms with Crippen molar-refractivity contribution in [3.63, 3.8) is 0 Å². The lowest BCUT2D eigenvalue weighted by Gasteiger charge is -2.16. The Morgan fingerprint density at radius 2 is 1.66 bits per heavy atom. The van der Waals surface area contributed by atoms with Crippen LogP contribution in [0.1, 0.15) is 49.7 Å². The highest BCUT2D eigenvalue weighted by molar-refractivity contribution is 5.97. The Bertz CT molecular complexity index is 1280. The molecule has 0 amide bonds. The van der Waals surface area contributed by atoms with Gasteiger partial charge < -0.3 is 14.2 Å². The Kier molecular flexibility index (Phi) is 6.03. The molecular formula is C26H24N2O4. The molecule has 0 spiro atoms. The number of nitrogens with zero attached hydrogens (tertiary/aromatic N) is 2. The van der Waals surface area contributed by atoms with Crippen LogP contribution in [-0.4, -0.2) is 26.2 Å². The number of hydrogen-bond acceptors (Lipinski definition) is 4. The lowest BCUT2D eigenvalue weighted by Crippen LogP contribution is -2.12. The van der Waals surface area contributed by atoms with E-state index in [1.807, 2.05) is 62.4 Å². The molecule has 2 aromatic carbocycles. The number of carbonyl (C=O) groups is 2. The molecule has 6 nitrogen and oxygen atoms in total. The van der Waals surface area contributed by atoms with E-state index in [9.17, 15) is 14.7 Å². The number of fused-ring (bicyclic) bond motifs is 1. The third-order valence-corrected chi connectivity index (χ3v) is 5.60. The van der Waals surface area contributed by atoms with Crippen molar-refractivity contribution in [3.05, 3.63) is 101 Å². The maximum absolute atomic E-state index is 12.7. The highest BCUT2D eigenvalue weighted by Crippen LogP contribution is 2.32. The number of aryl methyl sites for hydroxylation is 2. The van der Waals surface area contributed by atoms with Crippen LogP contribution in [-0.2, 0) is 13.0 Å². The monoisotopic (exact) mass is 428 g/mol. The summed E-state index contributed by atoms with van der Waals surface area (Å²) in [6.45, 7) is 4.03. The van der Waals surface area contributed by atoms with E-state index in [-0.39, 0.29) is 30.8 Å². The number of ether oxygens (including phenoxy) is 1. The Morgan fingerprint density at radius 3 is 2.31 bits per heavy atom. The van der Waals surface area contributed by atoms with Crippen molar-refractivity contribution in [2.75, 3.05) is 0 Å². The molecule has 0 aliphatic carbocycles. The number of benzene rings is 2. The van der Waals surface area contributed by atoms with E-state index in [4.69, 9.17) is 4.74 Å². The van der Waals surface area contributed by atoms with Gasteiger partial charge in [0.15, 0.2) is 17.2 Å². The van der Waals surface area contributed by atoms with Crippen LogP contribution in [0.5, 0.6) is 5.75 Å². The molecule has 32 heavy (non-hydrogen) atoms. The zero-order valence-corrected chi connectivity index (χ0v) is 18.0. The van der Waals surface area contributed by atoms with Gasteiger partial charge in [-0.2, -0.15) is 0 Å². The molecular weight excluding hydrogens is 404 g/mol. The number of hydrogen-bond donors (Lipinski definition) is 1. The van der Waals surface area contributed by atoms with Crippen LogP contribution in [0, 0.1) is 13.8 Å². The molecule has 162 valence electrons. The highest BCUT2D eigenvalue weighted by atomic mass is 16.5. The average molecular weight is 428 g/mol. The number of pyridine rings is 1. The number of aromatic nitrogens is 2. The van der Waals surface area contributed by atoms with E-state index >= 15 is 0 Å². The number of carbonyl (C=O) groups excluding carboxylic acids is 1. The largest absolute Gasteiger partial charge is 0.485 e. The van der Waals surface area contributed by atoms with E-state index < -0.39 is 5.97 Å². The van der Waals surface area contributed by atoms with Crippen LogP contribution in [0.25, 0.3) is 5.65 Å². The molecule has 2 heterocycles. The van der Waals surface area contributed by atoms with Gasteiger partial charge in [0.05, 0.1) is 11.3 Å². The first-order valence-corrected chi connectivity index (χ1v) is 10.4. The third kappa shape index (κ3) is 4.25. The van der Waals surface area contributed by atoms with Crippen LogP contribution in [0.15, 0.2) is 66.9 Å². The Hall–Kier alpha value is -3.93. The van der Waals surface area contributed by atoms with Crippen LogP contribution < -0.4 is 4.74 Å². The predicted octanol–water partition coefficient (Wildman–Crippen LogP) is 5.04. The van der Waals surface area contributed by atoms with Crippen LogP contribution >= 0.6 is 0 Å². The van der Waals surface area contributed by atoms with Gasteiger partial charge in [0, 0.05) is 29.4 Å². The first-order valence-electron chi connectivity index (χ1n) is 10.4. The second kappa shape index (κ2) is 9.06. The molecule has 0 aliphatic heterocycles. The maximum atomic E-state index is 12.7. The van der Waals surface area contributed by atoms with E-state index in [1.54, 1.807) is 22.7 Å². The lowest BCUT2D eigenvalue weighted by atomic mass is 9.99. The number of imidazole rings is 1. The number of ketones is 1. The molecule has 1 N–H and O–H groups in total. The molecule has 6 heteroatoms. The molecule has 0 unspecified atom stereocenters. The molecule has 0 atom stereocenters. The van der Waals surface area contributed by atoms with Crippen LogP contribution in [0.3, 0.4) is 0 Å². The first-order chi connectivity index (χ1) is 15.5. The number of aromatic carboxylic acids is 1. The molecule has 2 aromatic heterocycles. The third-order valence-electron chi connectivity index (χ3n) is 5.60. The Morgan fingerprint density at radius 1 is 1.00 bits per heavy atom. The fourth-order valence-corrected chi connectivity index (χ4v) is 3.73. The van der Waals surface area contributed by atoms with E-state index in [2.05, 4.69) is 4.98 Å². The summed E-state index contributed by atoms with van der Waals surface area (Å²) in [6.07, 6.45) is 1.98. The van der Waals surface area contributed by atoms with Crippen LogP contribution in [0.2, 0.25) is 0 Å². The molecule has 0 radical (unpaired) electrons. The predicted molar refractivity (Wildman–Crippen MR) is 121 cm³/mol. The number of Topliss-reactive ketones (excluding diaryl/α,β-unsaturated/α-hetero) is 1. The van der Waals surface area contributed by atoms with Crippen molar-refractivity contribution in [2.45, 2.75) is 33.3 Å². The highest BCUT2D eigenvalue weighted by Gasteiger charge is 2.23. The van der Waals surface area contributed by atoms with Crippen molar-refractivity contribution >= 4 is 17.4 Å². The van der Waals surface area contributed by atoms with E-state index in [0.717, 1.165) is 17.0 Å². The number of carboxylic acids is 1. The molecule has 0 saturated heterocycles. The van der Waals surface area contributed by atoms with Gasteiger partial charge in [-0.05, 0) is 25.8 Å². The van der Waals surface area contributed by atoms with Crippen molar-refractivity contribution in [3.8, 4) is 5.75 Å². The molecule has 0 bridgehead atoms. The average Bonchev–Trinajstić information content (AvgIpc) is 3.10. The van der Waals surface area contributed by atoms with Gasteiger partial charge in [-0.3, -0.25) is 4.79 Å². The van der Waals surface area contributed by atoms with Crippen LogP contribution in [0.4, 0.5) is 0 Å². The van der Waals surface area contributed by atoms with Gasteiger partial charge in [0.2, 0.25) is 0 Å². The lowest BCUT2D eigenvalue weighted by molar-refractivity contribution is 0.0693. The van der Waals surface area contributed by atoms with Crippen molar-refractivity contribution in [2.24, 2.45) is 0 Å². The minimum atomic E-state index is -1.07. The SMILES string of the molecule is Cc1nc2c(OCc3ccccc3)c(CCC(=O)c3ccccc3)c(C(=O)O)cn2c1C. The summed E-state index contributed by atoms with van der Waals surface area (Å²) in [5, 5.41) is 9.94. The van der Waals surface area contributed by atoms with Gasteiger partial charge >= 0.3 is 5.97 Å². The minimum absolute atomic E-state index is 0.0495. The topological polar surface area (TPSA) is 80.9 Å². The van der Waals surface area contributed by atoms with Crippen molar-refractivity contribution in [1.29, 1.82) is 0 Å². The summed E-state index contributed by atoms with van der Waals surface area (Å²) in [5.41, 5.74) is 4.35. The zero-order chi connectivity index (χ0) is 22.7. The normalized spacial score (nSPS) is 10.9. The Balaban J connectivity index is 1.76. The smallest absolute Gasteiger partial charge is 0.337 e. The summed E-state index contributed by atoms with van der Waals surface area (Å²) in [7, 11) is 0. The summed E-state index contributed by atoms with van der Waals surface area (Å²) < 4.78 is 7.93. The number of carboxylic acid groups (broad SMARTS) is 1. The van der Waals surface area contributed by atoms with Gasteiger partial charge in [-0.25, -0.2) is 9.78 Å². The molecule has 0 aliphatic rings. The second-order valence-electron chi connectivity index (χ2n) is 7.70. The number of rotatable bonds is 8. The molecule has 0 saturated carbocycles.